The number of esters is 1. The first kappa shape index (κ1) is 16.1. The van der Waals surface area contributed by atoms with Crippen molar-refractivity contribution < 1.29 is 18.3 Å². The van der Waals surface area contributed by atoms with Crippen LogP contribution in [-0.4, -0.2) is 41.6 Å². The van der Waals surface area contributed by atoms with E-state index in [4.69, 9.17) is 4.74 Å². The van der Waals surface area contributed by atoms with Gasteiger partial charge in [0, 0.05) is 38.0 Å². The van der Waals surface area contributed by atoms with Gasteiger partial charge in [-0.15, -0.1) is 0 Å². The molecule has 1 saturated carbocycles. The van der Waals surface area contributed by atoms with E-state index >= 15 is 0 Å². The number of hydrogen-bond acceptors (Lipinski definition) is 5. The van der Waals surface area contributed by atoms with Gasteiger partial charge in [0.15, 0.2) is 0 Å². The fraction of sp³-hybridized carbons (Fsp3) is 0.688. The zero-order valence-corrected chi connectivity index (χ0v) is 13.2. The van der Waals surface area contributed by atoms with E-state index in [0.29, 0.717) is 30.5 Å². The Kier molecular flexibility index (Phi) is 4.46. The first-order valence-electron chi connectivity index (χ1n) is 8.17. The number of rotatable bonds is 4. The maximum absolute atomic E-state index is 13.6. The average molecular weight is 325 g/mol. The van der Waals surface area contributed by atoms with Crippen LogP contribution in [0, 0.1) is 0 Å². The second kappa shape index (κ2) is 6.37. The maximum Gasteiger partial charge on any atom is 0.343 e. The SMILES string of the molecule is CCOC(=O)c1cnc(C2CC2)nc1N1CCCC(F)(F)CC1. The lowest BCUT2D eigenvalue weighted by Crippen LogP contribution is -2.29. The third-order valence-corrected chi connectivity index (χ3v) is 4.24. The normalized spacial score (nSPS) is 20.9. The minimum absolute atomic E-state index is 0.126. The summed E-state index contributed by atoms with van der Waals surface area (Å²) in [4.78, 5) is 22.7. The number of ether oxygens (including phenoxy) is 1. The fourth-order valence-electron chi connectivity index (χ4n) is 2.79. The summed E-state index contributed by atoms with van der Waals surface area (Å²) in [5, 5.41) is 0. The number of halogens is 2. The molecule has 2 aliphatic rings. The molecule has 0 atom stereocenters. The van der Waals surface area contributed by atoms with E-state index in [2.05, 4.69) is 9.97 Å². The van der Waals surface area contributed by atoms with Gasteiger partial charge < -0.3 is 9.64 Å². The molecule has 1 aliphatic heterocycles. The third-order valence-electron chi connectivity index (χ3n) is 4.24. The van der Waals surface area contributed by atoms with E-state index in [1.54, 1.807) is 11.8 Å². The Labute approximate surface area is 134 Å². The minimum Gasteiger partial charge on any atom is -0.462 e. The van der Waals surface area contributed by atoms with Crippen molar-refractivity contribution in [3.05, 3.63) is 17.6 Å². The Hall–Kier alpha value is -1.79. The summed E-state index contributed by atoms with van der Waals surface area (Å²) in [7, 11) is 0. The van der Waals surface area contributed by atoms with Gasteiger partial charge in [-0.3, -0.25) is 0 Å². The van der Waals surface area contributed by atoms with Crippen LogP contribution in [0.15, 0.2) is 6.20 Å². The van der Waals surface area contributed by atoms with Crippen LogP contribution >= 0.6 is 0 Å². The predicted molar refractivity (Wildman–Crippen MR) is 81.0 cm³/mol. The number of aromatic nitrogens is 2. The Morgan fingerprint density at radius 2 is 2.17 bits per heavy atom. The number of anilines is 1. The Bertz CT molecular complexity index is 591. The van der Waals surface area contributed by atoms with Gasteiger partial charge in [-0.05, 0) is 26.2 Å². The average Bonchev–Trinajstić information content (AvgIpc) is 3.35. The molecule has 5 nitrogen and oxygen atoms in total. The van der Waals surface area contributed by atoms with Crippen molar-refractivity contribution in [2.24, 2.45) is 0 Å². The molecule has 0 aromatic carbocycles. The van der Waals surface area contributed by atoms with Crippen LogP contribution in [0.3, 0.4) is 0 Å². The molecule has 0 spiro atoms. The Balaban J connectivity index is 1.90. The summed E-state index contributed by atoms with van der Waals surface area (Å²) < 4.78 is 32.3. The quantitative estimate of drug-likeness (QED) is 0.796. The highest BCUT2D eigenvalue weighted by Gasteiger charge is 2.34. The van der Waals surface area contributed by atoms with Crippen molar-refractivity contribution in [1.29, 1.82) is 0 Å². The molecule has 23 heavy (non-hydrogen) atoms. The third kappa shape index (κ3) is 3.76. The number of alkyl halides is 2. The molecule has 1 aromatic heterocycles. The molecule has 7 heteroatoms. The maximum atomic E-state index is 13.6. The first-order chi connectivity index (χ1) is 11.0. The van der Waals surface area contributed by atoms with E-state index in [0.717, 1.165) is 12.8 Å². The second-order valence-corrected chi connectivity index (χ2v) is 6.16. The standard InChI is InChI=1S/C16H21F2N3O2/c1-2-23-15(22)12-10-19-13(11-4-5-11)20-14(12)21-8-3-6-16(17,18)7-9-21/h10-11H,2-9H2,1H3. The van der Waals surface area contributed by atoms with Crippen molar-refractivity contribution in [2.75, 3.05) is 24.6 Å². The van der Waals surface area contributed by atoms with Gasteiger partial charge in [0.25, 0.3) is 0 Å². The highest BCUT2D eigenvalue weighted by molar-refractivity contribution is 5.94. The molecule has 0 N–H and O–H groups in total. The molecule has 3 rings (SSSR count). The van der Waals surface area contributed by atoms with E-state index in [1.807, 2.05) is 0 Å². The molecule has 2 fully saturated rings. The van der Waals surface area contributed by atoms with E-state index < -0.39 is 11.9 Å². The van der Waals surface area contributed by atoms with Crippen LogP contribution in [-0.2, 0) is 4.74 Å². The van der Waals surface area contributed by atoms with Gasteiger partial charge in [-0.25, -0.2) is 23.5 Å². The molecular weight excluding hydrogens is 304 g/mol. The number of carbonyl (C=O) groups is 1. The van der Waals surface area contributed by atoms with Crippen molar-refractivity contribution in [3.8, 4) is 0 Å². The highest BCUT2D eigenvalue weighted by Crippen LogP contribution is 2.39. The summed E-state index contributed by atoms with van der Waals surface area (Å²) in [5.74, 6) is -1.67. The van der Waals surface area contributed by atoms with Crippen LogP contribution in [0.4, 0.5) is 14.6 Å². The lowest BCUT2D eigenvalue weighted by Gasteiger charge is -2.24. The van der Waals surface area contributed by atoms with Gasteiger partial charge >= 0.3 is 5.97 Å². The molecule has 0 bridgehead atoms. The molecular formula is C16H21F2N3O2. The molecule has 0 unspecified atom stereocenters. The zero-order valence-electron chi connectivity index (χ0n) is 13.2. The summed E-state index contributed by atoms with van der Waals surface area (Å²) >= 11 is 0. The topological polar surface area (TPSA) is 55.3 Å². The second-order valence-electron chi connectivity index (χ2n) is 6.16. The van der Waals surface area contributed by atoms with Crippen LogP contribution in [0.1, 0.15) is 61.1 Å². The smallest absolute Gasteiger partial charge is 0.343 e. The molecule has 0 amide bonds. The molecule has 1 aliphatic carbocycles. The van der Waals surface area contributed by atoms with Crippen molar-refractivity contribution in [3.63, 3.8) is 0 Å². The van der Waals surface area contributed by atoms with E-state index in [9.17, 15) is 13.6 Å². The molecule has 0 radical (unpaired) electrons. The summed E-state index contributed by atoms with van der Waals surface area (Å²) in [6.07, 6.45) is 3.58. The van der Waals surface area contributed by atoms with Crippen molar-refractivity contribution >= 4 is 11.8 Å². The summed E-state index contributed by atoms with van der Waals surface area (Å²) in [6, 6.07) is 0. The molecule has 1 saturated heterocycles. The first-order valence-corrected chi connectivity index (χ1v) is 8.17. The van der Waals surface area contributed by atoms with E-state index in [1.165, 1.54) is 6.20 Å². The van der Waals surface area contributed by atoms with Gasteiger partial charge in [0.2, 0.25) is 5.92 Å². The number of carbonyl (C=O) groups excluding carboxylic acids is 1. The van der Waals surface area contributed by atoms with Gasteiger partial charge in [-0.1, -0.05) is 0 Å². The fourth-order valence-corrected chi connectivity index (χ4v) is 2.79. The minimum atomic E-state index is -2.65. The lowest BCUT2D eigenvalue weighted by atomic mass is 10.1. The van der Waals surface area contributed by atoms with Crippen LogP contribution in [0.2, 0.25) is 0 Å². The van der Waals surface area contributed by atoms with Gasteiger partial charge in [0.1, 0.15) is 17.2 Å². The van der Waals surface area contributed by atoms with Crippen LogP contribution < -0.4 is 4.90 Å². The summed E-state index contributed by atoms with van der Waals surface area (Å²) in [5.41, 5.74) is 0.265. The molecule has 1 aromatic rings. The van der Waals surface area contributed by atoms with Gasteiger partial charge in [0.05, 0.1) is 6.61 Å². The predicted octanol–water partition coefficient (Wildman–Crippen LogP) is 3.16. The largest absolute Gasteiger partial charge is 0.462 e. The summed E-state index contributed by atoms with van der Waals surface area (Å²) in [6.45, 7) is 2.62. The van der Waals surface area contributed by atoms with Gasteiger partial charge in [-0.2, -0.15) is 0 Å². The lowest BCUT2D eigenvalue weighted by molar-refractivity contribution is -0.0102. The molecule has 2 heterocycles. The Morgan fingerprint density at radius 1 is 1.39 bits per heavy atom. The van der Waals surface area contributed by atoms with Crippen LogP contribution in [0.25, 0.3) is 0 Å². The van der Waals surface area contributed by atoms with Crippen LogP contribution in [0.5, 0.6) is 0 Å². The zero-order chi connectivity index (χ0) is 16.4. The van der Waals surface area contributed by atoms with Crippen molar-refractivity contribution in [1.82, 2.24) is 9.97 Å². The van der Waals surface area contributed by atoms with Crippen molar-refractivity contribution in [2.45, 2.75) is 50.9 Å². The highest BCUT2D eigenvalue weighted by atomic mass is 19.3. The van der Waals surface area contributed by atoms with E-state index in [-0.39, 0.29) is 31.6 Å². The number of hydrogen-bond donors (Lipinski definition) is 0. The Morgan fingerprint density at radius 3 is 2.87 bits per heavy atom. The molecule has 126 valence electrons. The number of nitrogens with zero attached hydrogens (tertiary/aromatic N) is 3. The monoisotopic (exact) mass is 325 g/mol.